The van der Waals surface area contributed by atoms with Gasteiger partial charge in [-0.15, -0.1) is 0 Å². The summed E-state index contributed by atoms with van der Waals surface area (Å²) in [6.45, 7) is 5.79. The van der Waals surface area contributed by atoms with Gasteiger partial charge < -0.3 is 14.8 Å². The molecule has 1 unspecified atom stereocenters. The van der Waals surface area contributed by atoms with Gasteiger partial charge in [-0.3, -0.25) is 9.59 Å². The van der Waals surface area contributed by atoms with E-state index in [1.165, 1.54) is 6.07 Å². The first kappa shape index (κ1) is 19.7. The zero-order valence-corrected chi connectivity index (χ0v) is 17.2. The molecule has 1 aliphatic rings. The number of aromatic nitrogens is 4. The zero-order valence-electron chi connectivity index (χ0n) is 17.2. The summed E-state index contributed by atoms with van der Waals surface area (Å²) >= 11 is 0. The number of anilines is 1. The summed E-state index contributed by atoms with van der Waals surface area (Å²) in [6, 6.07) is 8.63. The van der Waals surface area contributed by atoms with Crippen molar-refractivity contribution in [3.8, 4) is 17.3 Å². The molecule has 1 atom stereocenters. The van der Waals surface area contributed by atoms with E-state index >= 15 is 0 Å². The fourth-order valence-electron chi connectivity index (χ4n) is 3.71. The number of benzene rings is 1. The molecule has 1 aromatic carbocycles. The molecule has 0 bridgehead atoms. The van der Waals surface area contributed by atoms with Crippen LogP contribution in [-0.2, 0) is 4.79 Å². The molecule has 2 N–H and O–H groups in total. The number of amides is 1. The molecule has 3 aromatic rings. The minimum absolute atomic E-state index is 0.0184. The minimum atomic E-state index is -0.311. The summed E-state index contributed by atoms with van der Waals surface area (Å²) in [5, 5.41) is 13.9. The fourth-order valence-corrected chi connectivity index (χ4v) is 3.71. The van der Waals surface area contributed by atoms with Gasteiger partial charge in [-0.25, -0.2) is 5.10 Å². The lowest BCUT2D eigenvalue weighted by atomic mass is 9.85. The molecular formula is C21H23N5O4. The Morgan fingerprint density at radius 1 is 1.17 bits per heavy atom. The number of nitrogens with zero attached hydrogens (tertiary/aromatic N) is 3. The standard InChI is InChI=1S/C21H23N5O4/c1-11(2)30-16-9-13(5-6-15(16)29-4)14-10-19(28)22-21-20(14)12(3)25-26(21)17-7-8-18(27)24-23-17/h5-9,11,14H,10H2,1-4H3,(H,22,28)(H,24,27). The van der Waals surface area contributed by atoms with Gasteiger partial charge in [0.15, 0.2) is 17.3 Å². The molecule has 0 fully saturated rings. The van der Waals surface area contributed by atoms with Gasteiger partial charge in [-0.1, -0.05) is 6.07 Å². The monoisotopic (exact) mass is 409 g/mol. The molecule has 0 aliphatic carbocycles. The Hall–Kier alpha value is -3.62. The van der Waals surface area contributed by atoms with E-state index in [1.807, 2.05) is 39.0 Å². The van der Waals surface area contributed by atoms with Crippen LogP contribution in [0.3, 0.4) is 0 Å². The van der Waals surface area contributed by atoms with Crippen LogP contribution in [-0.4, -0.2) is 39.1 Å². The maximum Gasteiger partial charge on any atom is 0.264 e. The number of ether oxygens (including phenoxy) is 2. The lowest BCUT2D eigenvalue weighted by Crippen LogP contribution is -2.25. The van der Waals surface area contributed by atoms with E-state index in [1.54, 1.807) is 17.9 Å². The zero-order chi connectivity index (χ0) is 21.4. The molecule has 9 heteroatoms. The molecule has 0 radical (unpaired) electrons. The number of hydrogen-bond donors (Lipinski definition) is 2. The van der Waals surface area contributed by atoms with Crippen molar-refractivity contribution in [2.45, 2.75) is 39.2 Å². The first-order valence-electron chi connectivity index (χ1n) is 9.67. The number of nitrogens with one attached hydrogen (secondary N) is 2. The summed E-state index contributed by atoms with van der Waals surface area (Å²) < 4.78 is 12.9. The third kappa shape index (κ3) is 3.54. The summed E-state index contributed by atoms with van der Waals surface area (Å²) in [5.74, 6) is 1.91. The van der Waals surface area contributed by atoms with Crippen molar-refractivity contribution >= 4 is 11.7 Å². The van der Waals surface area contributed by atoms with E-state index < -0.39 is 0 Å². The summed E-state index contributed by atoms with van der Waals surface area (Å²) in [4.78, 5) is 23.9. The minimum Gasteiger partial charge on any atom is -0.493 e. The molecular weight excluding hydrogens is 386 g/mol. The molecule has 4 rings (SSSR count). The second-order valence-electron chi connectivity index (χ2n) is 7.42. The van der Waals surface area contributed by atoms with Crippen LogP contribution in [0.2, 0.25) is 0 Å². The largest absolute Gasteiger partial charge is 0.493 e. The first-order valence-corrected chi connectivity index (χ1v) is 9.67. The highest BCUT2D eigenvalue weighted by Gasteiger charge is 2.33. The average molecular weight is 409 g/mol. The predicted octanol–water partition coefficient (Wildman–Crippen LogP) is 2.53. The second-order valence-corrected chi connectivity index (χ2v) is 7.42. The predicted molar refractivity (Wildman–Crippen MR) is 111 cm³/mol. The van der Waals surface area contributed by atoms with Crippen LogP contribution < -0.4 is 20.3 Å². The number of H-pyrrole nitrogens is 1. The van der Waals surface area contributed by atoms with Gasteiger partial charge in [-0.05, 0) is 44.5 Å². The van der Waals surface area contributed by atoms with Crippen molar-refractivity contribution in [3.05, 3.63) is 57.5 Å². The molecule has 1 amide bonds. The van der Waals surface area contributed by atoms with E-state index in [-0.39, 0.29) is 29.9 Å². The quantitative estimate of drug-likeness (QED) is 0.670. The highest BCUT2D eigenvalue weighted by Crippen LogP contribution is 2.42. The lowest BCUT2D eigenvalue weighted by Gasteiger charge is -2.25. The van der Waals surface area contributed by atoms with Crippen molar-refractivity contribution in [1.82, 2.24) is 20.0 Å². The van der Waals surface area contributed by atoms with Crippen LogP contribution in [0.25, 0.3) is 5.82 Å². The van der Waals surface area contributed by atoms with Gasteiger partial charge in [0.1, 0.15) is 5.82 Å². The van der Waals surface area contributed by atoms with E-state index in [4.69, 9.17) is 9.47 Å². The Labute approximate surface area is 173 Å². The van der Waals surface area contributed by atoms with Crippen LogP contribution in [0.1, 0.15) is 43.0 Å². The van der Waals surface area contributed by atoms with Crippen LogP contribution >= 0.6 is 0 Å². The molecule has 30 heavy (non-hydrogen) atoms. The van der Waals surface area contributed by atoms with Crippen molar-refractivity contribution < 1.29 is 14.3 Å². The highest BCUT2D eigenvalue weighted by atomic mass is 16.5. The maximum atomic E-state index is 12.6. The number of aryl methyl sites for hydroxylation is 1. The Bertz CT molecular complexity index is 1140. The topological polar surface area (TPSA) is 111 Å². The van der Waals surface area contributed by atoms with Crippen LogP contribution in [0.5, 0.6) is 11.5 Å². The fraction of sp³-hybridized carbons (Fsp3) is 0.333. The van der Waals surface area contributed by atoms with Crippen LogP contribution in [0, 0.1) is 6.92 Å². The van der Waals surface area contributed by atoms with Crippen molar-refractivity contribution in [1.29, 1.82) is 0 Å². The first-order chi connectivity index (χ1) is 14.4. The SMILES string of the molecule is COc1ccc(C2CC(=O)Nc3c2c(C)nn3-c2ccc(=O)[nH]n2)cc1OC(C)C. The Morgan fingerprint density at radius 3 is 2.63 bits per heavy atom. The number of fused-ring (bicyclic) bond motifs is 1. The summed E-state index contributed by atoms with van der Waals surface area (Å²) in [5.41, 5.74) is 2.29. The van der Waals surface area contributed by atoms with Gasteiger partial charge in [0.05, 0.1) is 18.9 Å². The molecule has 3 heterocycles. The number of hydrogen-bond acceptors (Lipinski definition) is 6. The average Bonchev–Trinajstić information content (AvgIpc) is 3.03. The number of rotatable bonds is 5. The van der Waals surface area contributed by atoms with Gasteiger partial charge in [0.2, 0.25) is 5.91 Å². The van der Waals surface area contributed by atoms with E-state index in [2.05, 4.69) is 20.6 Å². The number of methoxy groups -OCH3 is 1. The van der Waals surface area contributed by atoms with Gasteiger partial charge in [0.25, 0.3) is 5.56 Å². The van der Waals surface area contributed by atoms with E-state index in [0.717, 1.165) is 16.8 Å². The molecule has 9 nitrogen and oxygen atoms in total. The van der Waals surface area contributed by atoms with E-state index in [0.29, 0.717) is 23.1 Å². The second kappa shape index (κ2) is 7.66. The van der Waals surface area contributed by atoms with Crippen molar-refractivity contribution in [2.75, 3.05) is 12.4 Å². The van der Waals surface area contributed by atoms with Crippen LogP contribution in [0.15, 0.2) is 35.1 Å². The molecule has 0 spiro atoms. The third-order valence-electron chi connectivity index (χ3n) is 4.94. The normalized spacial score (nSPS) is 15.6. The van der Waals surface area contributed by atoms with E-state index in [9.17, 15) is 9.59 Å². The number of carbonyl (C=O) groups excluding carboxylic acids is 1. The van der Waals surface area contributed by atoms with Crippen LogP contribution in [0.4, 0.5) is 5.82 Å². The van der Waals surface area contributed by atoms with Crippen molar-refractivity contribution in [3.63, 3.8) is 0 Å². The number of carbonyl (C=O) groups is 1. The molecule has 1 aliphatic heterocycles. The summed E-state index contributed by atoms with van der Waals surface area (Å²) in [6.07, 6.45) is 0.265. The highest BCUT2D eigenvalue weighted by molar-refractivity contribution is 5.95. The molecule has 156 valence electrons. The maximum absolute atomic E-state index is 12.6. The number of aromatic amines is 1. The van der Waals surface area contributed by atoms with Gasteiger partial charge in [0, 0.05) is 24.0 Å². The van der Waals surface area contributed by atoms with Crippen molar-refractivity contribution in [2.24, 2.45) is 0 Å². The molecule has 2 aromatic heterocycles. The Kier molecular flexibility index (Phi) is 5.03. The Morgan fingerprint density at radius 2 is 1.97 bits per heavy atom. The smallest absolute Gasteiger partial charge is 0.264 e. The molecule has 0 saturated carbocycles. The Balaban J connectivity index is 1.82. The lowest BCUT2D eigenvalue weighted by molar-refractivity contribution is -0.116. The third-order valence-corrected chi connectivity index (χ3v) is 4.94. The summed E-state index contributed by atoms with van der Waals surface area (Å²) in [7, 11) is 1.60. The molecule has 0 saturated heterocycles. The van der Waals surface area contributed by atoms with Gasteiger partial charge in [-0.2, -0.15) is 14.9 Å². The van der Waals surface area contributed by atoms with Gasteiger partial charge >= 0.3 is 0 Å².